The second-order valence-electron chi connectivity index (χ2n) is 6.16. The Labute approximate surface area is 173 Å². The third-order valence-corrected chi connectivity index (χ3v) is 5.08. The molecule has 0 radical (unpaired) electrons. The molecule has 13 nitrogen and oxygen atoms in total. The molecule has 0 aromatic carbocycles. The maximum atomic E-state index is 12.9. The summed E-state index contributed by atoms with van der Waals surface area (Å²) in [6.45, 7) is 0.205. The number of hydrogen-bond donors (Lipinski definition) is 3. The van der Waals surface area contributed by atoms with E-state index in [1.807, 2.05) is 0 Å². The molecule has 1 saturated heterocycles. The average Bonchev–Trinajstić information content (AvgIpc) is 3.28. The Bertz CT molecular complexity index is 971. The Morgan fingerprint density at radius 1 is 1.40 bits per heavy atom. The van der Waals surface area contributed by atoms with Crippen molar-refractivity contribution in [1.82, 2.24) is 20.3 Å². The zero-order valence-corrected chi connectivity index (χ0v) is 16.8. The van der Waals surface area contributed by atoms with Crippen LogP contribution in [-0.2, 0) is 28.8 Å². The lowest BCUT2D eigenvalue weighted by Crippen LogP contribution is -2.47. The van der Waals surface area contributed by atoms with Gasteiger partial charge in [0, 0.05) is 18.5 Å². The Balaban J connectivity index is 1.85. The number of carbonyl (C=O) groups is 4. The number of methoxy groups -OCH3 is 1. The van der Waals surface area contributed by atoms with Crippen LogP contribution in [0.2, 0.25) is 0 Å². The maximum absolute atomic E-state index is 12.9. The number of carbonyl (C=O) groups excluding carboxylic acids is 3. The number of amides is 2. The van der Waals surface area contributed by atoms with Crippen molar-refractivity contribution in [2.24, 2.45) is 5.16 Å². The summed E-state index contributed by atoms with van der Waals surface area (Å²) in [5.74, 6) is -3.75. The molecule has 0 aliphatic carbocycles. The van der Waals surface area contributed by atoms with Crippen LogP contribution < -0.4 is 11.1 Å². The van der Waals surface area contributed by atoms with E-state index >= 15 is 0 Å². The number of thiazole rings is 1. The fourth-order valence-corrected chi connectivity index (χ4v) is 3.70. The van der Waals surface area contributed by atoms with E-state index in [4.69, 9.17) is 5.73 Å². The number of aliphatic carboxylic acids is 1. The van der Waals surface area contributed by atoms with Crippen LogP contribution in [0.25, 0.3) is 0 Å². The molecular formula is C16H18N6O7S. The smallest absolute Gasteiger partial charge is 0.354 e. The van der Waals surface area contributed by atoms with E-state index in [2.05, 4.69) is 25.0 Å². The molecule has 2 aliphatic rings. The number of nitrogens with zero attached hydrogens (tertiary/aromatic N) is 4. The molecule has 3 rings (SSSR count). The van der Waals surface area contributed by atoms with E-state index < -0.39 is 35.5 Å². The topological polar surface area (TPSA) is 177 Å². The number of hydrogen-bond acceptors (Lipinski definition) is 11. The lowest BCUT2D eigenvalue weighted by Gasteiger charge is -2.33. The fraction of sp³-hybridized carbons (Fsp3) is 0.375. The SMILES string of the molecule is CO/N=C(\C(=O)NC1CN2CCC(C(=O)OC)=C(C(=O)O)N2C1=O)c1csc(N)n1. The molecule has 4 N–H and O–H groups in total. The van der Waals surface area contributed by atoms with Crippen molar-refractivity contribution < 1.29 is 33.9 Å². The Morgan fingerprint density at radius 2 is 2.13 bits per heavy atom. The zero-order valence-electron chi connectivity index (χ0n) is 15.9. The Morgan fingerprint density at radius 3 is 2.70 bits per heavy atom. The molecule has 2 amide bonds. The molecule has 1 atom stereocenters. The van der Waals surface area contributed by atoms with E-state index in [-0.39, 0.29) is 41.6 Å². The van der Waals surface area contributed by atoms with Crippen LogP contribution in [0.1, 0.15) is 12.1 Å². The molecule has 3 heterocycles. The lowest BCUT2D eigenvalue weighted by atomic mass is 10.1. The zero-order chi connectivity index (χ0) is 22.0. The van der Waals surface area contributed by atoms with Gasteiger partial charge in [-0.25, -0.2) is 24.6 Å². The number of aromatic nitrogens is 1. The minimum absolute atomic E-state index is 0.00920. The molecule has 1 aromatic rings. The normalized spacial score (nSPS) is 19.5. The summed E-state index contributed by atoms with van der Waals surface area (Å²) < 4.78 is 4.62. The highest BCUT2D eigenvalue weighted by atomic mass is 32.1. The second-order valence-corrected chi connectivity index (χ2v) is 7.05. The van der Waals surface area contributed by atoms with Gasteiger partial charge in [-0.05, 0) is 6.42 Å². The number of nitrogens with one attached hydrogen (secondary N) is 1. The monoisotopic (exact) mass is 438 g/mol. The number of esters is 1. The van der Waals surface area contributed by atoms with Gasteiger partial charge in [-0.15, -0.1) is 11.3 Å². The number of anilines is 1. The van der Waals surface area contributed by atoms with Crippen LogP contribution in [0, 0.1) is 0 Å². The molecule has 30 heavy (non-hydrogen) atoms. The van der Waals surface area contributed by atoms with Gasteiger partial charge >= 0.3 is 11.9 Å². The predicted octanol–water partition coefficient (Wildman–Crippen LogP) is -1.46. The summed E-state index contributed by atoms with van der Waals surface area (Å²) in [6, 6.07) is -1.08. The molecule has 0 saturated carbocycles. The average molecular weight is 438 g/mol. The summed E-state index contributed by atoms with van der Waals surface area (Å²) >= 11 is 1.10. The Kier molecular flexibility index (Phi) is 5.98. The van der Waals surface area contributed by atoms with Gasteiger partial charge in [0.25, 0.3) is 11.8 Å². The van der Waals surface area contributed by atoms with Gasteiger partial charge in [0.15, 0.2) is 16.5 Å². The third kappa shape index (κ3) is 3.81. The highest BCUT2D eigenvalue weighted by Gasteiger charge is 2.47. The minimum atomic E-state index is -1.46. The number of nitrogens with two attached hydrogens (primary N) is 1. The van der Waals surface area contributed by atoms with Crippen molar-refractivity contribution in [3.63, 3.8) is 0 Å². The van der Waals surface area contributed by atoms with Gasteiger partial charge in [-0.2, -0.15) is 0 Å². The number of rotatable bonds is 6. The fourth-order valence-electron chi connectivity index (χ4n) is 3.16. The third-order valence-electron chi connectivity index (χ3n) is 4.40. The molecule has 1 aromatic heterocycles. The van der Waals surface area contributed by atoms with E-state index in [1.165, 1.54) is 17.5 Å². The number of fused-ring (bicyclic) bond motifs is 1. The first kappa shape index (κ1) is 21.2. The molecule has 1 fully saturated rings. The number of hydrazine groups is 1. The largest absolute Gasteiger partial charge is 0.477 e. The van der Waals surface area contributed by atoms with Gasteiger partial charge in [0.2, 0.25) is 0 Å². The summed E-state index contributed by atoms with van der Waals surface area (Å²) in [6.07, 6.45) is 0.0766. The highest BCUT2D eigenvalue weighted by molar-refractivity contribution is 7.13. The van der Waals surface area contributed by atoms with E-state index in [0.717, 1.165) is 23.5 Å². The first-order valence-electron chi connectivity index (χ1n) is 8.55. The van der Waals surface area contributed by atoms with E-state index in [0.29, 0.717) is 0 Å². The van der Waals surface area contributed by atoms with Crippen molar-refractivity contribution >= 4 is 45.9 Å². The van der Waals surface area contributed by atoms with Gasteiger partial charge < -0.3 is 25.7 Å². The van der Waals surface area contributed by atoms with Crippen LogP contribution in [0.3, 0.4) is 0 Å². The quantitative estimate of drug-likeness (QED) is 0.270. The standard InChI is InChI=1S/C16H18N6O7S/c1-28-15(27)7-3-4-21-5-8(13(24)22(21)11(7)14(25)26)18-12(23)10(20-29-2)9-6-30-16(17)19-9/h6,8H,3-5H2,1-2H3,(H2,17,19)(H,18,23)(H,25,26)/b20-10-. The minimum Gasteiger partial charge on any atom is -0.477 e. The molecule has 0 spiro atoms. The van der Waals surface area contributed by atoms with Crippen molar-refractivity contribution in [1.29, 1.82) is 0 Å². The summed E-state index contributed by atoms with van der Waals surface area (Å²) in [5.41, 5.74) is 4.94. The lowest BCUT2D eigenvalue weighted by molar-refractivity contribution is -0.148. The van der Waals surface area contributed by atoms with Crippen LogP contribution in [0.5, 0.6) is 0 Å². The number of carboxylic acid groups (broad SMARTS) is 1. The van der Waals surface area contributed by atoms with E-state index in [1.54, 1.807) is 0 Å². The van der Waals surface area contributed by atoms with Crippen molar-refractivity contribution in [2.45, 2.75) is 12.5 Å². The van der Waals surface area contributed by atoms with Crippen LogP contribution in [0.15, 0.2) is 21.8 Å². The van der Waals surface area contributed by atoms with Gasteiger partial charge in [0.05, 0.1) is 12.7 Å². The predicted molar refractivity (Wildman–Crippen MR) is 102 cm³/mol. The summed E-state index contributed by atoms with van der Waals surface area (Å²) in [4.78, 5) is 57.9. The number of oxime groups is 1. The Hall–Kier alpha value is -3.52. The van der Waals surface area contributed by atoms with Gasteiger partial charge in [-0.1, -0.05) is 5.16 Å². The van der Waals surface area contributed by atoms with Crippen molar-refractivity contribution in [3.8, 4) is 0 Å². The van der Waals surface area contributed by atoms with Gasteiger partial charge in [-0.3, -0.25) is 9.59 Å². The van der Waals surface area contributed by atoms with Crippen LogP contribution in [-0.4, -0.2) is 82.9 Å². The number of nitrogen functional groups attached to an aromatic ring is 1. The van der Waals surface area contributed by atoms with Crippen molar-refractivity contribution in [3.05, 3.63) is 22.3 Å². The first-order chi connectivity index (χ1) is 14.3. The number of ether oxygens (including phenoxy) is 1. The molecule has 2 aliphatic heterocycles. The van der Waals surface area contributed by atoms with E-state index in [9.17, 15) is 24.3 Å². The molecule has 160 valence electrons. The van der Waals surface area contributed by atoms with Crippen molar-refractivity contribution in [2.75, 3.05) is 33.0 Å². The number of carboxylic acids is 1. The molecule has 1 unspecified atom stereocenters. The highest BCUT2D eigenvalue weighted by Crippen LogP contribution is 2.29. The summed E-state index contributed by atoms with van der Waals surface area (Å²) in [7, 11) is 2.37. The first-order valence-corrected chi connectivity index (χ1v) is 9.43. The molecular weight excluding hydrogens is 420 g/mol. The second kappa shape index (κ2) is 8.46. The maximum Gasteiger partial charge on any atom is 0.354 e. The van der Waals surface area contributed by atoms with Gasteiger partial charge in [0.1, 0.15) is 18.8 Å². The molecule has 0 bridgehead atoms. The summed E-state index contributed by atoms with van der Waals surface area (Å²) in [5, 5.41) is 19.8. The van der Waals surface area contributed by atoms with Crippen LogP contribution in [0.4, 0.5) is 5.13 Å². The van der Waals surface area contributed by atoms with Crippen LogP contribution >= 0.6 is 11.3 Å². The molecule has 14 heteroatoms.